The van der Waals surface area contributed by atoms with Crippen LogP contribution in [0.4, 0.5) is 11.4 Å². The first-order chi connectivity index (χ1) is 8.97. The van der Waals surface area contributed by atoms with Crippen LogP contribution in [0.1, 0.15) is 13.3 Å². The number of fused-ring (bicyclic) bond motifs is 1. The number of amides is 2. The van der Waals surface area contributed by atoms with Crippen molar-refractivity contribution in [1.82, 2.24) is 0 Å². The van der Waals surface area contributed by atoms with Gasteiger partial charge >= 0.3 is 0 Å². The first-order valence-electron chi connectivity index (χ1n) is 6.06. The third-order valence-corrected chi connectivity index (χ3v) is 2.84. The Bertz CT molecular complexity index is 514. The highest BCUT2D eigenvalue weighted by molar-refractivity contribution is 5.99. The molecule has 102 valence electrons. The summed E-state index contributed by atoms with van der Waals surface area (Å²) < 4.78 is 5.31. The van der Waals surface area contributed by atoms with Gasteiger partial charge in [0.15, 0.2) is 6.61 Å². The highest BCUT2D eigenvalue weighted by Gasteiger charge is 2.22. The van der Waals surface area contributed by atoms with Crippen molar-refractivity contribution in [2.75, 3.05) is 23.9 Å². The van der Waals surface area contributed by atoms with Crippen LogP contribution in [0.25, 0.3) is 0 Å². The molecule has 2 amide bonds. The van der Waals surface area contributed by atoms with E-state index in [1.807, 2.05) is 0 Å². The maximum Gasteiger partial charge on any atom is 0.264 e. The number of nitrogens with two attached hydrogens (primary N) is 1. The van der Waals surface area contributed by atoms with E-state index >= 15 is 0 Å². The summed E-state index contributed by atoms with van der Waals surface area (Å²) in [5.74, 6) is 0.361. The Morgan fingerprint density at radius 2 is 2.32 bits per heavy atom. The van der Waals surface area contributed by atoms with E-state index in [1.165, 1.54) is 4.90 Å². The zero-order chi connectivity index (χ0) is 14.0. The fourth-order valence-corrected chi connectivity index (χ4v) is 1.85. The molecule has 1 atom stereocenters. The standard InChI is InChI=1S/C13H17N3O3/c1-8(14)5-12(17)15-9-3-4-11-10(6-9)16(2)13(18)7-19-11/h3-4,6,8H,5,7,14H2,1-2H3,(H,15,17). The van der Waals surface area contributed by atoms with E-state index in [2.05, 4.69) is 5.32 Å². The third kappa shape index (κ3) is 3.03. The Hall–Kier alpha value is -2.08. The van der Waals surface area contributed by atoms with Crippen LogP contribution in [-0.4, -0.2) is 31.5 Å². The fraction of sp³-hybridized carbons (Fsp3) is 0.385. The normalized spacial score (nSPS) is 15.5. The van der Waals surface area contributed by atoms with Gasteiger partial charge in [-0.25, -0.2) is 0 Å². The van der Waals surface area contributed by atoms with E-state index in [-0.39, 0.29) is 30.9 Å². The minimum atomic E-state index is -0.190. The fourth-order valence-electron chi connectivity index (χ4n) is 1.85. The SMILES string of the molecule is CC(N)CC(=O)Nc1ccc2c(c1)N(C)C(=O)CO2. The van der Waals surface area contributed by atoms with Crippen molar-refractivity contribution >= 4 is 23.2 Å². The molecular formula is C13H17N3O3. The summed E-state index contributed by atoms with van der Waals surface area (Å²) >= 11 is 0. The molecule has 0 aliphatic carbocycles. The molecular weight excluding hydrogens is 246 g/mol. The average Bonchev–Trinajstić information content (AvgIpc) is 2.33. The molecule has 0 saturated heterocycles. The second kappa shape index (κ2) is 5.27. The molecule has 6 heteroatoms. The Morgan fingerprint density at radius 3 is 3.00 bits per heavy atom. The van der Waals surface area contributed by atoms with Crippen LogP contribution in [0.15, 0.2) is 18.2 Å². The maximum absolute atomic E-state index is 11.6. The zero-order valence-electron chi connectivity index (χ0n) is 11.0. The summed E-state index contributed by atoms with van der Waals surface area (Å²) in [6.45, 7) is 1.81. The van der Waals surface area contributed by atoms with Crippen LogP contribution in [0.2, 0.25) is 0 Å². The van der Waals surface area contributed by atoms with Crippen molar-refractivity contribution in [2.45, 2.75) is 19.4 Å². The van der Waals surface area contributed by atoms with Crippen molar-refractivity contribution < 1.29 is 14.3 Å². The van der Waals surface area contributed by atoms with Gasteiger partial charge in [-0.15, -0.1) is 0 Å². The minimum absolute atomic E-state index is 0.0416. The van der Waals surface area contributed by atoms with E-state index in [0.717, 1.165) is 0 Å². The highest BCUT2D eigenvalue weighted by Crippen LogP contribution is 2.33. The van der Waals surface area contributed by atoms with E-state index in [0.29, 0.717) is 17.1 Å². The first kappa shape index (κ1) is 13.4. The van der Waals surface area contributed by atoms with E-state index in [1.54, 1.807) is 32.2 Å². The molecule has 0 fully saturated rings. The van der Waals surface area contributed by atoms with Crippen LogP contribution >= 0.6 is 0 Å². The summed E-state index contributed by atoms with van der Waals surface area (Å²) in [7, 11) is 1.68. The van der Waals surface area contributed by atoms with E-state index in [9.17, 15) is 9.59 Å². The second-order valence-electron chi connectivity index (χ2n) is 4.65. The lowest BCUT2D eigenvalue weighted by molar-refractivity contribution is -0.121. The van der Waals surface area contributed by atoms with Crippen LogP contribution in [-0.2, 0) is 9.59 Å². The largest absolute Gasteiger partial charge is 0.482 e. The number of likely N-dealkylation sites (N-methyl/N-ethyl adjacent to an activating group) is 1. The quantitative estimate of drug-likeness (QED) is 0.841. The van der Waals surface area contributed by atoms with Crippen LogP contribution in [0.3, 0.4) is 0 Å². The number of rotatable bonds is 3. The van der Waals surface area contributed by atoms with Crippen molar-refractivity contribution in [1.29, 1.82) is 0 Å². The summed E-state index contributed by atoms with van der Waals surface area (Å²) in [5.41, 5.74) is 6.83. The summed E-state index contributed by atoms with van der Waals surface area (Å²) in [5, 5.41) is 2.75. The number of nitrogens with one attached hydrogen (secondary N) is 1. The van der Waals surface area contributed by atoms with Gasteiger partial charge in [0.2, 0.25) is 5.91 Å². The molecule has 0 spiro atoms. The molecule has 1 heterocycles. The van der Waals surface area contributed by atoms with Gasteiger partial charge in [0.25, 0.3) is 5.91 Å². The second-order valence-corrected chi connectivity index (χ2v) is 4.65. The Labute approximate surface area is 111 Å². The molecule has 0 bridgehead atoms. The molecule has 1 aromatic carbocycles. The van der Waals surface area contributed by atoms with Gasteiger partial charge in [0.1, 0.15) is 5.75 Å². The van der Waals surface area contributed by atoms with Gasteiger partial charge < -0.3 is 20.7 Å². The number of nitrogens with zero attached hydrogens (tertiary/aromatic N) is 1. The summed E-state index contributed by atoms with van der Waals surface area (Å²) in [6, 6.07) is 5.00. The zero-order valence-corrected chi connectivity index (χ0v) is 11.0. The lowest BCUT2D eigenvalue weighted by atomic mass is 10.2. The molecule has 19 heavy (non-hydrogen) atoms. The lowest BCUT2D eigenvalue weighted by Gasteiger charge is -2.26. The predicted molar refractivity (Wildman–Crippen MR) is 72.2 cm³/mol. The topological polar surface area (TPSA) is 84.7 Å². The van der Waals surface area contributed by atoms with Crippen molar-refractivity contribution in [3.8, 4) is 5.75 Å². The van der Waals surface area contributed by atoms with Crippen molar-refractivity contribution in [2.24, 2.45) is 5.73 Å². The number of ether oxygens (including phenoxy) is 1. The van der Waals surface area contributed by atoms with Gasteiger partial charge in [0.05, 0.1) is 5.69 Å². The summed E-state index contributed by atoms with van der Waals surface area (Å²) in [6.07, 6.45) is 0.252. The smallest absolute Gasteiger partial charge is 0.264 e. The van der Waals surface area contributed by atoms with Crippen molar-refractivity contribution in [3.05, 3.63) is 18.2 Å². The van der Waals surface area contributed by atoms with Gasteiger partial charge in [0, 0.05) is 25.2 Å². The van der Waals surface area contributed by atoms with E-state index in [4.69, 9.17) is 10.5 Å². The average molecular weight is 263 g/mol. The molecule has 3 N–H and O–H groups in total. The molecule has 0 saturated carbocycles. The molecule has 0 aromatic heterocycles. The highest BCUT2D eigenvalue weighted by atomic mass is 16.5. The molecule has 6 nitrogen and oxygen atoms in total. The Balaban J connectivity index is 2.16. The number of hydrogen-bond donors (Lipinski definition) is 2. The molecule has 2 rings (SSSR count). The third-order valence-electron chi connectivity index (χ3n) is 2.84. The predicted octanol–water partition coefficient (Wildman–Crippen LogP) is 0.718. The molecule has 1 unspecified atom stereocenters. The lowest BCUT2D eigenvalue weighted by Crippen LogP contribution is -2.35. The summed E-state index contributed by atoms with van der Waals surface area (Å²) in [4.78, 5) is 24.7. The van der Waals surface area contributed by atoms with Crippen LogP contribution in [0, 0.1) is 0 Å². The van der Waals surface area contributed by atoms with Gasteiger partial charge in [-0.3, -0.25) is 9.59 Å². The van der Waals surface area contributed by atoms with E-state index < -0.39 is 0 Å². The van der Waals surface area contributed by atoms with Crippen LogP contribution in [0.5, 0.6) is 5.75 Å². The number of benzene rings is 1. The maximum atomic E-state index is 11.6. The number of anilines is 2. The first-order valence-corrected chi connectivity index (χ1v) is 6.06. The number of carbonyl (C=O) groups is 2. The van der Waals surface area contributed by atoms with Gasteiger partial charge in [-0.2, -0.15) is 0 Å². The van der Waals surface area contributed by atoms with Crippen molar-refractivity contribution in [3.63, 3.8) is 0 Å². The molecule has 1 aliphatic rings. The molecule has 0 radical (unpaired) electrons. The van der Waals surface area contributed by atoms with Gasteiger partial charge in [-0.05, 0) is 25.1 Å². The number of hydrogen-bond acceptors (Lipinski definition) is 4. The monoisotopic (exact) mass is 263 g/mol. The molecule has 1 aromatic rings. The van der Waals surface area contributed by atoms with Gasteiger partial charge in [-0.1, -0.05) is 0 Å². The Morgan fingerprint density at radius 1 is 1.58 bits per heavy atom. The Kier molecular flexibility index (Phi) is 3.71. The number of carbonyl (C=O) groups excluding carboxylic acids is 2. The van der Waals surface area contributed by atoms with Crippen LogP contribution < -0.4 is 20.7 Å². The minimum Gasteiger partial charge on any atom is -0.482 e. The molecule has 1 aliphatic heterocycles.